The smallest absolute Gasteiger partial charge is 0.248 e. The highest BCUT2D eigenvalue weighted by Crippen LogP contribution is 2.49. The molecular weight excluding hydrogens is 332 g/mol. The van der Waals surface area contributed by atoms with Crippen LogP contribution in [0.5, 0.6) is 0 Å². The lowest BCUT2D eigenvalue weighted by Crippen LogP contribution is -2.50. The van der Waals surface area contributed by atoms with Crippen molar-refractivity contribution in [3.05, 3.63) is 55.1 Å². The van der Waals surface area contributed by atoms with Crippen LogP contribution in [0.4, 0.5) is 0 Å². The first-order valence-corrected chi connectivity index (χ1v) is 9.13. The monoisotopic (exact) mass is 350 g/mol. The van der Waals surface area contributed by atoms with Crippen molar-refractivity contribution >= 4 is 22.9 Å². The quantitative estimate of drug-likeness (QED) is 0.829. The fourth-order valence-electron chi connectivity index (χ4n) is 3.93. The van der Waals surface area contributed by atoms with E-state index in [1.54, 1.807) is 23.5 Å². The zero-order valence-corrected chi connectivity index (χ0v) is 14.5. The number of H-pyrrole nitrogens is 1. The summed E-state index contributed by atoms with van der Waals surface area (Å²) in [6, 6.07) is 7.76. The molecule has 6 heteroatoms. The van der Waals surface area contributed by atoms with Crippen molar-refractivity contribution in [2.45, 2.75) is 43.9 Å². The van der Waals surface area contributed by atoms with Gasteiger partial charge in [0.2, 0.25) is 5.56 Å². The van der Waals surface area contributed by atoms with Gasteiger partial charge in [-0.25, -0.2) is 0 Å². The fraction of sp³-hybridized carbons (Fsp3) is 0.471. The summed E-state index contributed by atoms with van der Waals surface area (Å²) < 4.78 is 7.15. The summed E-state index contributed by atoms with van der Waals surface area (Å²) in [6.45, 7) is 2.90. The minimum atomic E-state index is -0.298. The number of pyridine rings is 1. The van der Waals surface area contributed by atoms with Gasteiger partial charge >= 0.3 is 0 Å². The molecule has 4 heterocycles. The van der Waals surface area contributed by atoms with Crippen LogP contribution < -0.4 is 10.9 Å². The van der Waals surface area contributed by atoms with E-state index in [4.69, 9.17) is 16.3 Å². The first-order valence-electron chi connectivity index (χ1n) is 7.94. The third kappa shape index (κ3) is 2.76. The van der Waals surface area contributed by atoms with Crippen LogP contribution in [0, 0.1) is 0 Å². The zero-order valence-electron chi connectivity index (χ0n) is 12.9. The number of rotatable bonds is 1. The molecule has 0 aliphatic carbocycles. The SMILES string of the molecule is C[C@H]1C[C@@]2(C[C@@H](c3cccc(=O)[nH]3)N1)OCCc1cc(Cl)sc12. The van der Waals surface area contributed by atoms with Gasteiger partial charge < -0.3 is 15.0 Å². The zero-order chi connectivity index (χ0) is 16.0. The molecule has 0 bridgehead atoms. The number of fused-ring (bicyclic) bond motifs is 2. The molecule has 3 atom stereocenters. The van der Waals surface area contributed by atoms with Crippen LogP contribution in [0.2, 0.25) is 4.34 Å². The maximum Gasteiger partial charge on any atom is 0.248 e. The predicted molar refractivity (Wildman–Crippen MR) is 92.3 cm³/mol. The highest BCUT2D eigenvalue weighted by atomic mass is 35.5. The fourth-order valence-corrected chi connectivity index (χ4v) is 5.39. The molecule has 0 radical (unpaired) electrons. The Morgan fingerprint density at radius 1 is 1.39 bits per heavy atom. The Kier molecular flexibility index (Phi) is 3.84. The molecule has 0 saturated carbocycles. The van der Waals surface area contributed by atoms with Gasteiger partial charge in [-0.2, -0.15) is 0 Å². The molecule has 23 heavy (non-hydrogen) atoms. The van der Waals surface area contributed by atoms with Crippen LogP contribution in [-0.4, -0.2) is 17.6 Å². The number of hydrogen-bond donors (Lipinski definition) is 2. The van der Waals surface area contributed by atoms with E-state index in [2.05, 4.69) is 23.3 Å². The normalized spacial score (nSPS) is 30.3. The van der Waals surface area contributed by atoms with E-state index in [-0.39, 0.29) is 17.2 Å². The van der Waals surface area contributed by atoms with Crippen molar-refractivity contribution in [1.82, 2.24) is 10.3 Å². The Hall–Kier alpha value is -1.14. The number of hydrogen-bond acceptors (Lipinski definition) is 4. The second-order valence-electron chi connectivity index (χ2n) is 6.50. The summed E-state index contributed by atoms with van der Waals surface area (Å²) in [4.78, 5) is 15.9. The van der Waals surface area contributed by atoms with Crippen molar-refractivity contribution in [3.63, 3.8) is 0 Å². The Morgan fingerprint density at radius 3 is 3.09 bits per heavy atom. The topological polar surface area (TPSA) is 54.1 Å². The number of piperidine rings is 1. The minimum absolute atomic E-state index is 0.0685. The average molecular weight is 351 g/mol. The van der Waals surface area contributed by atoms with Gasteiger partial charge in [-0.15, -0.1) is 11.3 Å². The molecule has 0 amide bonds. The molecule has 4 rings (SSSR count). The summed E-state index contributed by atoms with van der Waals surface area (Å²) in [5, 5.41) is 3.59. The van der Waals surface area contributed by atoms with Crippen LogP contribution in [-0.2, 0) is 16.8 Å². The van der Waals surface area contributed by atoms with Gasteiger partial charge in [0.1, 0.15) is 5.60 Å². The number of nitrogens with one attached hydrogen (secondary N) is 2. The molecule has 0 unspecified atom stereocenters. The first-order chi connectivity index (χ1) is 11.1. The van der Waals surface area contributed by atoms with E-state index < -0.39 is 0 Å². The van der Waals surface area contributed by atoms with E-state index >= 15 is 0 Å². The number of halogens is 1. The lowest BCUT2D eigenvalue weighted by Gasteiger charge is -2.46. The van der Waals surface area contributed by atoms with Crippen LogP contribution in [0.1, 0.15) is 41.9 Å². The molecule has 2 aromatic rings. The molecule has 2 aliphatic heterocycles. The third-order valence-corrected chi connectivity index (χ3v) is 6.26. The highest BCUT2D eigenvalue weighted by Gasteiger charge is 2.46. The maximum atomic E-state index is 11.7. The molecular formula is C17H19ClN2O2S. The highest BCUT2D eigenvalue weighted by molar-refractivity contribution is 7.16. The van der Waals surface area contributed by atoms with Crippen LogP contribution in [0.15, 0.2) is 29.1 Å². The second-order valence-corrected chi connectivity index (χ2v) is 8.18. The number of ether oxygens (including phenoxy) is 1. The van der Waals surface area contributed by atoms with Gasteiger partial charge in [0, 0.05) is 29.1 Å². The summed E-state index contributed by atoms with van der Waals surface area (Å²) in [7, 11) is 0. The van der Waals surface area contributed by atoms with Gasteiger partial charge in [-0.3, -0.25) is 4.79 Å². The number of aromatic amines is 1. The van der Waals surface area contributed by atoms with Crippen LogP contribution in [0.25, 0.3) is 0 Å². The Morgan fingerprint density at radius 2 is 2.26 bits per heavy atom. The van der Waals surface area contributed by atoms with Crippen LogP contribution >= 0.6 is 22.9 Å². The molecule has 2 N–H and O–H groups in total. The van der Waals surface area contributed by atoms with Crippen molar-refractivity contribution < 1.29 is 4.74 Å². The van der Waals surface area contributed by atoms with Crippen molar-refractivity contribution in [3.8, 4) is 0 Å². The van der Waals surface area contributed by atoms with Crippen molar-refractivity contribution in [2.75, 3.05) is 6.61 Å². The van der Waals surface area contributed by atoms with Gasteiger partial charge in [0.05, 0.1) is 17.0 Å². The van der Waals surface area contributed by atoms with Crippen LogP contribution in [0.3, 0.4) is 0 Å². The summed E-state index contributed by atoms with van der Waals surface area (Å²) in [5.74, 6) is 0. The van der Waals surface area contributed by atoms with Crippen molar-refractivity contribution in [2.24, 2.45) is 0 Å². The molecule has 1 spiro atoms. The largest absolute Gasteiger partial charge is 0.369 e. The van der Waals surface area contributed by atoms with Crippen molar-refractivity contribution in [1.29, 1.82) is 0 Å². The predicted octanol–water partition coefficient (Wildman–Crippen LogP) is 3.37. The lowest BCUT2D eigenvalue weighted by molar-refractivity contribution is -0.0957. The molecule has 1 saturated heterocycles. The second kappa shape index (κ2) is 5.74. The first kappa shape index (κ1) is 15.4. The number of aromatic nitrogens is 1. The van der Waals surface area contributed by atoms with Gasteiger partial charge in [-0.05, 0) is 37.5 Å². The molecule has 1 fully saturated rings. The molecule has 122 valence electrons. The average Bonchev–Trinajstić information content (AvgIpc) is 2.89. The van der Waals surface area contributed by atoms with Gasteiger partial charge in [0.15, 0.2) is 0 Å². The summed E-state index contributed by atoms with van der Waals surface area (Å²) >= 11 is 7.90. The molecule has 2 aliphatic rings. The summed E-state index contributed by atoms with van der Waals surface area (Å²) in [5.41, 5.74) is 1.87. The van der Waals surface area contributed by atoms with Gasteiger partial charge in [-0.1, -0.05) is 17.7 Å². The Bertz CT molecular complexity index is 787. The van der Waals surface area contributed by atoms with E-state index in [1.807, 2.05) is 6.07 Å². The summed E-state index contributed by atoms with van der Waals surface area (Å²) in [6.07, 6.45) is 2.65. The maximum absolute atomic E-state index is 11.7. The van der Waals surface area contributed by atoms with E-state index in [1.165, 1.54) is 10.4 Å². The Balaban J connectivity index is 1.74. The molecule has 0 aromatic carbocycles. The lowest BCUT2D eigenvalue weighted by atomic mass is 9.79. The Labute approximate surface area is 143 Å². The van der Waals surface area contributed by atoms with E-state index in [0.717, 1.165) is 35.9 Å². The van der Waals surface area contributed by atoms with E-state index in [0.29, 0.717) is 6.04 Å². The standard InChI is InChI=1S/C17H19ClN2O2S/c1-10-8-17(16-11(5-6-22-17)7-14(18)23-16)9-13(19-10)12-3-2-4-15(21)20-12/h2-4,7,10,13,19H,5-6,8-9H2,1H3,(H,20,21)/t10-,13-,17-/m0/s1. The molecule has 2 aromatic heterocycles. The van der Waals surface area contributed by atoms with E-state index in [9.17, 15) is 4.79 Å². The van der Waals surface area contributed by atoms with Gasteiger partial charge in [0.25, 0.3) is 0 Å². The molecule has 4 nitrogen and oxygen atoms in total. The third-order valence-electron chi connectivity index (χ3n) is 4.76. The number of thiophene rings is 1. The minimum Gasteiger partial charge on any atom is -0.369 e.